The van der Waals surface area contributed by atoms with Crippen LogP contribution in [0, 0.1) is 5.41 Å². The lowest BCUT2D eigenvalue weighted by molar-refractivity contribution is -0.128. The minimum Gasteiger partial charge on any atom is -0.325 e. The van der Waals surface area contributed by atoms with Crippen molar-refractivity contribution in [2.75, 3.05) is 11.1 Å². The average Bonchev–Trinajstić information content (AvgIpc) is 2.32. The van der Waals surface area contributed by atoms with E-state index in [1.54, 1.807) is 0 Å². The molecule has 78 valence electrons. The summed E-state index contributed by atoms with van der Waals surface area (Å²) in [4.78, 5) is 13.3. The maximum atomic E-state index is 12.1. The summed E-state index contributed by atoms with van der Waals surface area (Å²) in [6.45, 7) is 0. The molecule has 1 aliphatic heterocycles. The summed E-state index contributed by atoms with van der Waals surface area (Å²) in [6, 6.07) is 8.06. The molecule has 1 spiro atoms. The zero-order valence-electron chi connectivity index (χ0n) is 8.45. The average molecular weight is 219 g/mol. The lowest BCUT2D eigenvalue weighted by atomic mass is 9.69. The van der Waals surface area contributed by atoms with Crippen LogP contribution in [0.3, 0.4) is 0 Å². The van der Waals surface area contributed by atoms with Crippen molar-refractivity contribution in [3.8, 4) is 0 Å². The van der Waals surface area contributed by atoms with E-state index in [0.29, 0.717) is 0 Å². The van der Waals surface area contributed by atoms with Crippen molar-refractivity contribution in [1.82, 2.24) is 0 Å². The summed E-state index contributed by atoms with van der Waals surface area (Å²) >= 11 is 1.81. The Kier molecular flexibility index (Phi) is 2.02. The van der Waals surface area contributed by atoms with Gasteiger partial charge in [-0.25, -0.2) is 0 Å². The minimum absolute atomic E-state index is 0.0658. The van der Waals surface area contributed by atoms with Gasteiger partial charge in [0.25, 0.3) is 0 Å². The summed E-state index contributed by atoms with van der Waals surface area (Å²) in [5.41, 5.74) is 0.917. The van der Waals surface area contributed by atoms with E-state index in [-0.39, 0.29) is 11.3 Å². The van der Waals surface area contributed by atoms with E-state index in [1.807, 2.05) is 30.0 Å². The SMILES string of the molecule is O=C1Nc2ccccc2SCC12CCC2. The summed E-state index contributed by atoms with van der Waals surface area (Å²) in [5, 5.41) is 3.06. The van der Waals surface area contributed by atoms with Crippen molar-refractivity contribution in [3.63, 3.8) is 0 Å². The van der Waals surface area contributed by atoms with E-state index >= 15 is 0 Å². The third kappa shape index (κ3) is 1.37. The molecule has 0 bridgehead atoms. The molecule has 1 fully saturated rings. The third-order valence-corrected chi connectivity index (χ3v) is 4.80. The lowest BCUT2D eigenvalue weighted by Gasteiger charge is -2.38. The van der Waals surface area contributed by atoms with Crippen LogP contribution in [0.2, 0.25) is 0 Å². The van der Waals surface area contributed by atoms with Gasteiger partial charge in [0.1, 0.15) is 0 Å². The molecule has 15 heavy (non-hydrogen) atoms. The van der Waals surface area contributed by atoms with Gasteiger partial charge >= 0.3 is 0 Å². The Hall–Kier alpha value is -0.960. The number of para-hydroxylation sites is 1. The summed E-state index contributed by atoms with van der Waals surface area (Å²) in [6.07, 6.45) is 3.31. The monoisotopic (exact) mass is 219 g/mol. The normalized spacial score (nSPS) is 22.5. The van der Waals surface area contributed by atoms with Gasteiger partial charge in [-0.15, -0.1) is 11.8 Å². The predicted octanol–water partition coefficient (Wildman–Crippen LogP) is 2.90. The first-order valence-electron chi connectivity index (χ1n) is 5.33. The Labute approximate surface area is 93.4 Å². The first-order valence-corrected chi connectivity index (χ1v) is 6.32. The van der Waals surface area contributed by atoms with Crippen molar-refractivity contribution in [2.24, 2.45) is 5.41 Å². The number of rotatable bonds is 0. The highest BCUT2D eigenvalue weighted by Crippen LogP contribution is 2.48. The Morgan fingerprint density at radius 1 is 1.27 bits per heavy atom. The van der Waals surface area contributed by atoms with Gasteiger partial charge in [0.2, 0.25) is 5.91 Å². The largest absolute Gasteiger partial charge is 0.325 e. The van der Waals surface area contributed by atoms with Crippen LogP contribution in [-0.4, -0.2) is 11.7 Å². The molecule has 0 atom stereocenters. The minimum atomic E-state index is -0.0658. The molecule has 1 N–H and O–H groups in total. The summed E-state index contributed by atoms with van der Waals surface area (Å²) in [5.74, 6) is 1.17. The molecule has 2 nitrogen and oxygen atoms in total. The number of carbonyl (C=O) groups excluding carboxylic acids is 1. The van der Waals surface area contributed by atoms with Crippen LogP contribution >= 0.6 is 11.8 Å². The molecule has 0 radical (unpaired) electrons. The van der Waals surface area contributed by atoms with Gasteiger partial charge in [-0.2, -0.15) is 0 Å². The van der Waals surface area contributed by atoms with Crippen molar-refractivity contribution in [3.05, 3.63) is 24.3 Å². The second-order valence-corrected chi connectivity index (χ2v) is 5.39. The first-order chi connectivity index (χ1) is 7.30. The smallest absolute Gasteiger partial charge is 0.231 e. The standard InChI is InChI=1S/C12H13NOS/c14-11-12(6-3-7-12)8-15-10-5-2-1-4-9(10)13-11/h1-2,4-5H,3,6-8H2,(H,13,14). The van der Waals surface area contributed by atoms with Gasteiger partial charge < -0.3 is 5.32 Å². The second-order valence-electron chi connectivity index (χ2n) is 4.37. The van der Waals surface area contributed by atoms with Crippen molar-refractivity contribution in [2.45, 2.75) is 24.2 Å². The zero-order valence-corrected chi connectivity index (χ0v) is 9.27. The highest BCUT2D eigenvalue weighted by molar-refractivity contribution is 7.99. The third-order valence-electron chi connectivity index (χ3n) is 3.43. The van der Waals surface area contributed by atoms with E-state index in [1.165, 1.54) is 11.3 Å². The van der Waals surface area contributed by atoms with Crippen LogP contribution in [0.1, 0.15) is 19.3 Å². The van der Waals surface area contributed by atoms with Crippen LogP contribution in [0.4, 0.5) is 5.69 Å². The molecule has 0 aromatic heterocycles. The van der Waals surface area contributed by atoms with Crippen LogP contribution < -0.4 is 5.32 Å². The van der Waals surface area contributed by atoms with Gasteiger partial charge in [-0.3, -0.25) is 4.79 Å². The molecule has 0 saturated heterocycles. The molecule has 3 rings (SSSR count). The summed E-state index contributed by atoms with van der Waals surface area (Å²) < 4.78 is 0. The number of thioether (sulfide) groups is 1. The van der Waals surface area contributed by atoms with E-state index in [2.05, 4.69) is 11.4 Å². The molecular weight excluding hydrogens is 206 g/mol. The fourth-order valence-corrected chi connectivity index (χ4v) is 3.51. The lowest BCUT2D eigenvalue weighted by Crippen LogP contribution is -2.43. The van der Waals surface area contributed by atoms with Gasteiger partial charge in [0.15, 0.2) is 0 Å². The van der Waals surface area contributed by atoms with E-state index in [0.717, 1.165) is 24.3 Å². The second kappa shape index (κ2) is 3.27. The van der Waals surface area contributed by atoms with E-state index in [9.17, 15) is 4.79 Å². The zero-order chi connectivity index (χ0) is 10.3. The predicted molar refractivity (Wildman–Crippen MR) is 62.1 cm³/mol. The van der Waals surface area contributed by atoms with Gasteiger partial charge in [-0.1, -0.05) is 18.6 Å². The number of nitrogens with one attached hydrogen (secondary N) is 1. The Bertz CT molecular complexity index is 412. The highest BCUT2D eigenvalue weighted by Gasteiger charge is 2.45. The van der Waals surface area contributed by atoms with Crippen LogP contribution in [0.15, 0.2) is 29.2 Å². The number of amides is 1. The van der Waals surface area contributed by atoms with E-state index < -0.39 is 0 Å². The van der Waals surface area contributed by atoms with E-state index in [4.69, 9.17) is 0 Å². The van der Waals surface area contributed by atoms with Gasteiger partial charge in [0, 0.05) is 10.6 Å². The maximum absolute atomic E-state index is 12.1. The Balaban J connectivity index is 1.96. The number of anilines is 1. The molecule has 1 aromatic rings. The summed E-state index contributed by atoms with van der Waals surface area (Å²) in [7, 11) is 0. The van der Waals surface area contributed by atoms with Crippen molar-refractivity contribution < 1.29 is 4.79 Å². The van der Waals surface area contributed by atoms with Gasteiger partial charge in [-0.05, 0) is 25.0 Å². The van der Waals surface area contributed by atoms with Crippen molar-refractivity contribution >= 4 is 23.4 Å². The van der Waals surface area contributed by atoms with Gasteiger partial charge in [0.05, 0.1) is 11.1 Å². The fourth-order valence-electron chi connectivity index (χ4n) is 2.21. The fraction of sp³-hybridized carbons (Fsp3) is 0.417. The topological polar surface area (TPSA) is 29.1 Å². The molecule has 1 aliphatic carbocycles. The molecule has 1 saturated carbocycles. The van der Waals surface area contributed by atoms with Crippen LogP contribution in [0.5, 0.6) is 0 Å². The first kappa shape index (κ1) is 9.28. The Morgan fingerprint density at radius 3 is 2.80 bits per heavy atom. The number of hydrogen-bond acceptors (Lipinski definition) is 2. The Morgan fingerprint density at radius 2 is 2.07 bits per heavy atom. The number of benzene rings is 1. The highest BCUT2D eigenvalue weighted by atomic mass is 32.2. The maximum Gasteiger partial charge on any atom is 0.231 e. The number of fused-ring (bicyclic) bond motifs is 1. The molecule has 1 aromatic carbocycles. The molecule has 1 amide bonds. The number of carbonyl (C=O) groups is 1. The van der Waals surface area contributed by atoms with Crippen molar-refractivity contribution in [1.29, 1.82) is 0 Å². The quantitative estimate of drug-likeness (QED) is 0.727. The number of hydrogen-bond donors (Lipinski definition) is 1. The molecule has 2 aliphatic rings. The molecule has 0 unspecified atom stereocenters. The molecule has 3 heteroatoms. The molecular formula is C12H13NOS. The molecule has 1 heterocycles. The van der Waals surface area contributed by atoms with Crippen LogP contribution in [-0.2, 0) is 4.79 Å². The van der Waals surface area contributed by atoms with Crippen LogP contribution in [0.25, 0.3) is 0 Å².